The van der Waals surface area contributed by atoms with Crippen LogP contribution in [-0.2, 0) is 6.54 Å². The van der Waals surface area contributed by atoms with E-state index in [4.69, 9.17) is 0 Å². The van der Waals surface area contributed by atoms with Crippen molar-refractivity contribution in [2.24, 2.45) is 0 Å². The maximum atomic E-state index is 12.2. The summed E-state index contributed by atoms with van der Waals surface area (Å²) in [4.78, 5) is 20.8. The Kier molecular flexibility index (Phi) is 3.04. The van der Waals surface area contributed by atoms with E-state index in [9.17, 15) is 4.79 Å². The van der Waals surface area contributed by atoms with Crippen molar-refractivity contribution in [1.82, 2.24) is 14.8 Å². The second kappa shape index (κ2) is 4.69. The summed E-state index contributed by atoms with van der Waals surface area (Å²) in [5, 5.41) is 0. The van der Waals surface area contributed by atoms with Crippen LogP contribution >= 0.6 is 0 Å². The summed E-state index contributed by atoms with van der Waals surface area (Å²) in [7, 11) is 2.18. The van der Waals surface area contributed by atoms with Crippen LogP contribution < -0.4 is 0 Å². The van der Waals surface area contributed by atoms with Crippen LogP contribution in [0.4, 0.5) is 0 Å². The van der Waals surface area contributed by atoms with E-state index in [1.807, 2.05) is 17.0 Å². The minimum atomic E-state index is 0.152. The number of amides is 1. The molecule has 0 aliphatic carbocycles. The number of pyridine rings is 1. The van der Waals surface area contributed by atoms with Gasteiger partial charge in [0, 0.05) is 18.8 Å². The molecule has 0 N–H and O–H groups in total. The van der Waals surface area contributed by atoms with Crippen molar-refractivity contribution in [3.05, 3.63) is 29.6 Å². The summed E-state index contributed by atoms with van der Waals surface area (Å²) >= 11 is 0. The number of carbonyl (C=O) groups is 1. The highest BCUT2D eigenvalue weighted by Gasteiger charge is 2.29. The van der Waals surface area contributed by atoms with Gasteiger partial charge in [0.1, 0.15) is 0 Å². The molecule has 1 aromatic rings. The second-order valence-corrected chi connectivity index (χ2v) is 5.29. The zero-order valence-electron chi connectivity index (χ0n) is 10.8. The third-order valence-electron chi connectivity index (χ3n) is 4.15. The second-order valence-electron chi connectivity index (χ2n) is 5.29. The van der Waals surface area contributed by atoms with Gasteiger partial charge in [0.25, 0.3) is 5.91 Å². The topological polar surface area (TPSA) is 36.4 Å². The zero-order chi connectivity index (χ0) is 12.5. The summed E-state index contributed by atoms with van der Waals surface area (Å²) in [6, 6.07) is 4.37. The normalized spacial score (nSPS) is 23.7. The van der Waals surface area contributed by atoms with E-state index in [1.165, 1.54) is 19.4 Å². The molecular formula is C14H19N3O. The molecule has 4 heteroatoms. The molecule has 1 saturated heterocycles. The Bertz CT molecular complexity index is 460. The smallest absolute Gasteiger partial charge is 0.256 e. The third-order valence-corrected chi connectivity index (χ3v) is 4.15. The number of nitrogens with zero attached hydrogens (tertiary/aromatic N) is 3. The summed E-state index contributed by atoms with van der Waals surface area (Å²) in [6.45, 7) is 2.73. The van der Waals surface area contributed by atoms with E-state index in [0.717, 1.165) is 24.2 Å². The quantitative estimate of drug-likeness (QED) is 0.810. The van der Waals surface area contributed by atoms with Gasteiger partial charge >= 0.3 is 0 Å². The predicted molar refractivity (Wildman–Crippen MR) is 69.2 cm³/mol. The van der Waals surface area contributed by atoms with Gasteiger partial charge in [0.05, 0.1) is 17.8 Å². The maximum Gasteiger partial charge on any atom is 0.256 e. The molecule has 18 heavy (non-hydrogen) atoms. The molecule has 3 rings (SSSR count). The lowest BCUT2D eigenvalue weighted by atomic mass is 10.1. The standard InChI is InChI=1S/C14H19N3O/c1-16-8-3-4-11(16)6-9-17-10-13-12(14(17)18)5-2-7-15-13/h2,5,7,11H,3-4,6,8-10H2,1H3/t11-/m1/s1. The van der Waals surface area contributed by atoms with Crippen molar-refractivity contribution in [2.75, 3.05) is 20.1 Å². The van der Waals surface area contributed by atoms with Crippen molar-refractivity contribution in [1.29, 1.82) is 0 Å². The van der Waals surface area contributed by atoms with Gasteiger partial charge < -0.3 is 9.80 Å². The van der Waals surface area contributed by atoms with Crippen molar-refractivity contribution in [3.8, 4) is 0 Å². The maximum absolute atomic E-state index is 12.2. The molecule has 4 nitrogen and oxygen atoms in total. The fourth-order valence-electron chi connectivity index (χ4n) is 3.01. The highest BCUT2D eigenvalue weighted by molar-refractivity contribution is 5.97. The first-order valence-corrected chi connectivity index (χ1v) is 6.69. The number of carbonyl (C=O) groups excluding carboxylic acids is 1. The molecule has 2 aliphatic rings. The first-order valence-electron chi connectivity index (χ1n) is 6.69. The van der Waals surface area contributed by atoms with Gasteiger partial charge in [0.15, 0.2) is 0 Å². The van der Waals surface area contributed by atoms with Crippen molar-refractivity contribution in [3.63, 3.8) is 0 Å². The summed E-state index contributed by atoms with van der Waals surface area (Å²) in [5.74, 6) is 0.152. The van der Waals surface area contributed by atoms with E-state index >= 15 is 0 Å². The van der Waals surface area contributed by atoms with Crippen LogP contribution in [0.1, 0.15) is 35.3 Å². The number of hydrogen-bond acceptors (Lipinski definition) is 3. The van der Waals surface area contributed by atoms with Crippen LogP contribution in [0.3, 0.4) is 0 Å². The minimum Gasteiger partial charge on any atom is -0.333 e. The summed E-state index contributed by atoms with van der Waals surface area (Å²) < 4.78 is 0. The highest BCUT2D eigenvalue weighted by atomic mass is 16.2. The molecule has 2 aliphatic heterocycles. The van der Waals surface area contributed by atoms with E-state index in [0.29, 0.717) is 12.6 Å². The Morgan fingerprint density at radius 3 is 3.11 bits per heavy atom. The van der Waals surface area contributed by atoms with Gasteiger partial charge in [-0.15, -0.1) is 0 Å². The van der Waals surface area contributed by atoms with Crippen LogP contribution in [0.15, 0.2) is 18.3 Å². The molecule has 3 heterocycles. The molecule has 96 valence electrons. The van der Waals surface area contributed by atoms with E-state index in [2.05, 4.69) is 16.9 Å². The fourth-order valence-corrected chi connectivity index (χ4v) is 3.01. The van der Waals surface area contributed by atoms with E-state index in [-0.39, 0.29) is 5.91 Å². The first kappa shape index (κ1) is 11.7. The fraction of sp³-hybridized carbons (Fsp3) is 0.571. The average molecular weight is 245 g/mol. The Morgan fingerprint density at radius 2 is 2.39 bits per heavy atom. The van der Waals surface area contributed by atoms with Crippen molar-refractivity contribution in [2.45, 2.75) is 31.8 Å². The van der Waals surface area contributed by atoms with Crippen LogP contribution in [0.5, 0.6) is 0 Å². The van der Waals surface area contributed by atoms with Gasteiger partial charge in [-0.05, 0) is 45.0 Å². The Hall–Kier alpha value is -1.42. The van der Waals surface area contributed by atoms with Gasteiger partial charge in [-0.25, -0.2) is 0 Å². The summed E-state index contributed by atoms with van der Waals surface area (Å²) in [5.41, 5.74) is 1.72. The van der Waals surface area contributed by atoms with Gasteiger partial charge in [-0.1, -0.05) is 0 Å². The third kappa shape index (κ3) is 2.01. The van der Waals surface area contributed by atoms with Gasteiger partial charge in [-0.3, -0.25) is 9.78 Å². The predicted octanol–water partition coefficient (Wildman–Crippen LogP) is 1.52. The molecule has 1 fully saturated rings. The molecule has 0 bridgehead atoms. The van der Waals surface area contributed by atoms with E-state index in [1.54, 1.807) is 6.20 Å². The molecule has 1 atom stereocenters. The number of likely N-dealkylation sites (tertiary alicyclic amines) is 1. The van der Waals surface area contributed by atoms with Crippen LogP contribution in [0.25, 0.3) is 0 Å². The Balaban J connectivity index is 1.61. The van der Waals surface area contributed by atoms with Crippen LogP contribution in [0.2, 0.25) is 0 Å². The van der Waals surface area contributed by atoms with Crippen molar-refractivity contribution >= 4 is 5.91 Å². The molecule has 0 radical (unpaired) electrons. The zero-order valence-corrected chi connectivity index (χ0v) is 10.8. The molecule has 0 unspecified atom stereocenters. The SMILES string of the molecule is CN1CCC[C@@H]1CCN1Cc2ncccc2C1=O. The highest BCUT2D eigenvalue weighted by Crippen LogP contribution is 2.23. The molecule has 0 saturated carbocycles. The first-order chi connectivity index (χ1) is 8.75. The Labute approximate surface area is 108 Å². The minimum absolute atomic E-state index is 0.152. The summed E-state index contributed by atoms with van der Waals surface area (Å²) in [6.07, 6.45) is 5.40. The Morgan fingerprint density at radius 1 is 1.50 bits per heavy atom. The molecular weight excluding hydrogens is 226 g/mol. The molecule has 1 aromatic heterocycles. The average Bonchev–Trinajstić information content (AvgIpc) is 2.92. The number of aromatic nitrogens is 1. The molecule has 0 aromatic carbocycles. The van der Waals surface area contributed by atoms with E-state index < -0.39 is 0 Å². The largest absolute Gasteiger partial charge is 0.333 e. The lowest BCUT2D eigenvalue weighted by Crippen LogP contribution is -2.32. The lowest BCUT2D eigenvalue weighted by Gasteiger charge is -2.22. The van der Waals surface area contributed by atoms with Crippen LogP contribution in [0, 0.1) is 0 Å². The van der Waals surface area contributed by atoms with Crippen LogP contribution in [-0.4, -0.2) is 46.9 Å². The molecule has 0 spiro atoms. The van der Waals surface area contributed by atoms with Gasteiger partial charge in [0.2, 0.25) is 0 Å². The monoisotopic (exact) mass is 245 g/mol. The van der Waals surface area contributed by atoms with Gasteiger partial charge in [-0.2, -0.15) is 0 Å². The lowest BCUT2D eigenvalue weighted by molar-refractivity contribution is 0.0765. The number of hydrogen-bond donors (Lipinski definition) is 0. The number of rotatable bonds is 3. The number of fused-ring (bicyclic) bond motifs is 1. The molecule has 1 amide bonds. The van der Waals surface area contributed by atoms with Crippen molar-refractivity contribution < 1.29 is 4.79 Å².